The highest BCUT2D eigenvalue weighted by molar-refractivity contribution is 6.02. The van der Waals surface area contributed by atoms with E-state index < -0.39 is 11.8 Å². The zero-order valence-electron chi connectivity index (χ0n) is 30.3. The van der Waals surface area contributed by atoms with Crippen LogP contribution in [0.4, 0.5) is 22.1 Å². The van der Waals surface area contributed by atoms with Gasteiger partial charge in [-0.15, -0.1) is 0 Å². The Morgan fingerprint density at radius 2 is 1.89 bits per heavy atom. The summed E-state index contributed by atoms with van der Waals surface area (Å²) in [5.41, 5.74) is 13.0. The standard InChI is InChI=1S/C39H44N10O5/c1-46-13-14-49(39(46)53)27-3-2-11-48(21-27)31-18-41-34(36(40)51)37(43-31)42-26-6-4-25-20-47(12-10-23(25)17-26)19-22-15-24-5-7-28-33(45-54-35(28)30(24)16-22)29-8-9-32(50)44-38(29)52/h4-7,17-18,22,27,29H,2-3,8-16,19-21H2,1H3,(H2,40,51)(H,42,43)(H,44,50,52)/t22?,27-,29?/m1/s1. The number of piperidine rings is 2. The summed E-state index contributed by atoms with van der Waals surface area (Å²) in [6.45, 7) is 5.62. The minimum atomic E-state index is -0.653. The van der Waals surface area contributed by atoms with Crippen LogP contribution in [0.25, 0.3) is 11.0 Å². The van der Waals surface area contributed by atoms with E-state index in [1.54, 1.807) is 11.1 Å². The molecule has 4 aliphatic heterocycles. The first-order valence-electron chi connectivity index (χ1n) is 19.0. The fourth-order valence-corrected chi connectivity index (χ4v) is 9.11. The summed E-state index contributed by atoms with van der Waals surface area (Å²) in [4.78, 5) is 67.0. The first-order valence-corrected chi connectivity index (χ1v) is 19.0. The summed E-state index contributed by atoms with van der Waals surface area (Å²) in [5, 5.41) is 11.0. The molecule has 3 fully saturated rings. The molecule has 1 aliphatic carbocycles. The molecule has 6 heterocycles. The highest BCUT2D eigenvalue weighted by Crippen LogP contribution is 2.38. The molecular formula is C39H44N10O5. The number of aromatic nitrogens is 3. The topological polar surface area (TPSA) is 183 Å². The van der Waals surface area contributed by atoms with E-state index in [4.69, 9.17) is 15.2 Å². The number of rotatable bonds is 8. The van der Waals surface area contributed by atoms with Crippen LogP contribution in [0.2, 0.25) is 0 Å². The minimum Gasteiger partial charge on any atom is -0.364 e. The average molecular weight is 733 g/mol. The molecule has 4 N–H and O–H groups in total. The van der Waals surface area contributed by atoms with E-state index in [2.05, 4.69) is 48.8 Å². The van der Waals surface area contributed by atoms with Gasteiger partial charge in [-0.1, -0.05) is 17.3 Å². The molecule has 0 spiro atoms. The number of nitrogens with zero attached hydrogens (tertiary/aromatic N) is 7. The molecular weight excluding hydrogens is 688 g/mol. The summed E-state index contributed by atoms with van der Waals surface area (Å²) in [6, 6.07) is 10.6. The quantitative estimate of drug-likeness (QED) is 0.227. The lowest BCUT2D eigenvalue weighted by Gasteiger charge is -2.37. The number of amides is 5. The SMILES string of the molecule is CN1CCN([C@@H]2CCCN(c3cnc(C(N)=O)c(Nc4ccc5c(c4)CCN(CC4Cc6ccc7c(C8CCC(=O)NC8=O)noc7c6C4)C5)n3)C2)C1=O. The number of carbonyl (C=O) groups is 4. The minimum absolute atomic E-state index is 0.0657. The molecule has 15 heteroatoms. The van der Waals surface area contributed by atoms with E-state index in [9.17, 15) is 19.2 Å². The van der Waals surface area contributed by atoms with Crippen molar-refractivity contribution in [2.24, 2.45) is 11.7 Å². The number of nitrogens with two attached hydrogens (primary N) is 1. The zero-order valence-corrected chi connectivity index (χ0v) is 30.3. The maximum atomic E-state index is 12.7. The van der Waals surface area contributed by atoms with E-state index in [1.165, 1.54) is 22.3 Å². The van der Waals surface area contributed by atoms with Gasteiger partial charge in [-0.2, -0.15) is 0 Å². The Labute approximate surface area is 312 Å². The van der Waals surface area contributed by atoms with Gasteiger partial charge in [0, 0.05) is 75.9 Å². The lowest BCUT2D eigenvalue weighted by Crippen LogP contribution is -2.49. The second kappa shape index (κ2) is 13.7. The lowest BCUT2D eigenvalue weighted by atomic mass is 9.92. The van der Waals surface area contributed by atoms with Gasteiger partial charge in [0.05, 0.1) is 18.2 Å². The van der Waals surface area contributed by atoms with Gasteiger partial charge in [0.1, 0.15) is 11.5 Å². The Kier molecular flexibility index (Phi) is 8.67. The second-order valence-electron chi connectivity index (χ2n) is 15.4. The smallest absolute Gasteiger partial charge is 0.320 e. The van der Waals surface area contributed by atoms with Gasteiger partial charge in [-0.05, 0) is 79.3 Å². The number of nitrogens with one attached hydrogen (secondary N) is 2. The number of benzene rings is 2. The monoisotopic (exact) mass is 732 g/mol. The van der Waals surface area contributed by atoms with Gasteiger partial charge in [0.15, 0.2) is 17.1 Å². The Morgan fingerprint density at radius 3 is 2.70 bits per heavy atom. The number of primary amides is 1. The number of carbonyl (C=O) groups excluding carboxylic acids is 4. The molecule has 54 heavy (non-hydrogen) atoms. The van der Waals surface area contributed by atoms with Crippen molar-refractivity contribution in [3.05, 3.63) is 70.2 Å². The summed E-state index contributed by atoms with van der Waals surface area (Å²) in [7, 11) is 1.84. The third-order valence-electron chi connectivity index (χ3n) is 11.9. The fourth-order valence-electron chi connectivity index (χ4n) is 9.11. The summed E-state index contributed by atoms with van der Waals surface area (Å²) in [6.07, 6.45) is 6.94. The van der Waals surface area contributed by atoms with Crippen LogP contribution in [-0.4, -0.2) is 106 Å². The molecule has 2 aromatic heterocycles. The van der Waals surface area contributed by atoms with Crippen molar-refractivity contribution in [2.45, 2.75) is 63.5 Å². The van der Waals surface area contributed by atoms with Crippen LogP contribution < -0.4 is 21.3 Å². The van der Waals surface area contributed by atoms with Crippen molar-refractivity contribution in [1.82, 2.24) is 35.1 Å². The molecule has 0 radical (unpaired) electrons. The highest BCUT2D eigenvalue weighted by atomic mass is 16.5. The van der Waals surface area contributed by atoms with Crippen LogP contribution in [0, 0.1) is 5.92 Å². The van der Waals surface area contributed by atoms with Gasteiger partial charge in [-0.3, -0.25) is 24.6 Å². The van der Waals surface area contributed by atoms with Crippen LogP contribution in [0.5, 0.6) is 0 Å². The van der Waals surface area contributed by atoms with Gasteiger partial charge in [0.2, 0.25) is 11.8 Å². The third-order valence-corrected chi connectivity index (χ3v) is 11.9. The first-order chi connectivity index (χ1) is 26.2. The van der Waals surface area contributed by atoms with Crippen molar-refractivity contribution in [2.75, 3.05) is 56.5 Å². The normalized spacial score (nSPS) is 23.2. The largest absolute Gasteiger partial charge is 0.364 e. The molecule has 0 saturated carbocycles. The van der Waals surface area contributed by atoms with Crippen LogP contribution in [0.1, 0.15) is 70.0 Å². The van der Waals surface area contributed by atoms with Crippen molar-refractivity contribution in [1.29, 1.82) is 0 Å². The van der Waals surface area contributed by atoms with E-state index in [0.29, 0.717) is 42.6 Å². The Morgan fingerprint density at radius 1 is 1.02 bits per heavy atom. The molecule has 5 amide bonds. The highest BCUT2D eigenvalue weighted by Gasteiger charge is 2.36. The number of likely N-dealkylation sites (N-methyl/N-ethyl adjacent to an activating group) is 1. The number of hydrogen-bond acceptors (Lipinski definition) is 11. The number of anilines is 3. The maximum absolute atomic E-state index is 12.7. The van der Waals surface area contributed by atoms with Crippen LogP contribution in [0.15, 0.2) is 41.1 Å². The van der Waals surface area contributed by atoms with E-state index >= 15 is 0 Å². The van der Waals surface area contributed by atoms with Crippen molar-refractivity contribution in [3.63, 3.8) is 0 Å². The first kappa shape index (κ1) is 34.2. The fraction of sp³-hybridized carbons (Fsp3) is 0.462. The predicted octanol–water partition coefficient (Wildman–Crippen LogP) is 3.09. The second-order valence-corrected chi connectivity index (χ2v) is 15.4. The molecule has 2 unspecified atom stereocenters. The van der Waals surface area contributed by atoms with Crippen LogP contribution in [-0.2, 0) is 35.4 Å². The van der Waals surface area contributed by atoms with Gasteiger partial charge in [0.25, 0.3) is 5.91 Å². The van der Waals surface area contributed by atoms with E-state index in [-0.39, 0.29) is 29.6 Å². The molecule has 3 saturated heterocycles. The number of hydrogen-bond donors (Lipinski definition) is 3. The van der Waals surface area contributed by atoms with Gasteiger partial charge in [-0.25, -0.2) is 14.8 Å². The Hall–Kier alpha value is -5.57. The van der Waals surface area contributed by atoms with Crippen molar-refractivity contribution < 1.29 is 23.7 Å². The summed E-state index contributed by atoms with van der Waals surface area (Å²) in [5.74, 6) is -0.275. The summed E-state index contributed by atoms with van der Waals surface area (Å²) >= 11 is 0. The van der Waals surface area contributed by atoms with E-state index in [1.807, 2.05) is 24.1 Å². The number of imide groups is 1. The molecule has 15 nitrogen and oxygen atoms in total. The lowest BCUT2D eigenvalue weighted by molar-refractivity contribution is -0.134. The van der Waals surface area contributed by atoms with E-state index in [0.717, 1.165) is 88.0 Å². The number of urea groups is 1. The van der Waals surface area contributed by atoms with Crippen molar-refractivity contribution in [3.8, 4) is 0 Å². The Bertz CT molecular complexity index is 2190. The third kappa shape index (κ3) is 6.29. The van der Waals surface area contributed by atoms with Gasteiger partial charge >= 0.3 is 6.03 Å². The molecule has 5 aliphatic rings. The number of fused-ring (bicyclic) bond motifs is 4. The van der Waals surface area contributed by atoms with Crippen LogP contribution >= 0.6 is 0 Å². The molecule has 280 valence electrons. The molecule has 9 rings (SSSR count). The maximum Gasteiger partial charge on any atom is 0.320 e. The predicted molar refractivity (Wildman–Crippen MR) is 199 cm³/mol. The molecule has 2 aromatic carbocycles. The average Bonchev–Trinajstić information content (AvgIpc) is 3.88. The molecule has 3 atom stereocenters. The zero-order chi connectivity index (χ0) is 37.1. The Balaban J connectivity index is 0.855. The van der Waals surface area contributed by atoms with Crippen LogP contribution in [0.3, 0.4) is 0 Å². The molecule has 0 bridgehead atoms. The van der Waals surface area contributed by atoms with Crippen molar-refractivity contribution >= 4 is 52.0 Å². The van der Waals surface area contributed by atoms with Gasteiger partial charge < -0.3 is 30.3 Å². The summed E-state index contributed by atoms with van der Waals surface area (Å²) < 4.78 is 5.86. The molecule has 4 aromatic rings.